The van der Waals surface area contributed by atoms with Crippen molar-refractivity contribution >= 4 is 11.9 Å². The lowest BCUT2D eigenvalue weighted by Gasteiger charge is -2.32. The number of hydrogen-bond donors (Lipinski definition) is 0. The van der Waals surface area contributed by atoms with Crippen LogP contribution < -0.4 is 0 Å². The number of allylic oxidation sites excluding steroid dienone is 1. The third kappa shape index (κ3) is 5.53. The maximum Gasteiger partial charge on any atom is 0.303 e. The SMILES string of the molecule is C=CCC(COC(C)=O)C(C)(C)OC(C)=O. The van der Waals surface area contributed by atoms with Crippen molar-refractivity contribution in [1.29, 1.82) is 0 Å². The zero-order valence-electron chi connectivity index (χ0n) is 10.4. The normalized spacial score (nSPS) is 12.8. The molecule has 0 saturated heterocycles. The molecule has 0 aromatic heterocycles. The standard InChI is InChI=1S/C12H20O4/c1-6-7-11(8-15-9(2)13)12(4,5)16-10(3)14/h6,11H,1,7-8H2,2-5H3. The van der Waals surface area contributed by atoms with Crippen LogP contribution in [0.4, 0.5) is 0 Å². The number of esters is 2. The van der Waals surface area contributed by atoms with Gasteiger partial charge in [-0.15, -0.1) is 6.58 Å². The van der Waals surface area contributed by atoms with Crippen LogP contribution in [-0.4, -0.2) is 24.1 Å². The molecule has 0 aliphatic carbocycles. The minimum Gasteiger partial charge on any atom is -0.465 e. The summed E-state index contributed by atoms with van der Waals surface area (Å²) in [4.78, 5) is 21.7. The highest BCUT2D eigenvalue weighted by molar-refractivity contribution is 5.66. The minimum absolute atomic E-state index is 0.0854. The van der Waals surface area contributed by atoms with E-state index in [0.717, 1.165) is 0 Å². The van der Waals surface area contributed by atoms with E-state index in [1.165, 1.54) is 13.8 Å². The Morgan fingerprint density at radius 2 is 1.88 bits per heavy atom. The van der Waals surface area contributed by atoms with E-state index in [9.17, 15) is 9.59 Å². The summed E-state index contributed by atoms with van der Waals surface area (Å²) in [6.07, 6.45) is 2.34. The first-order chi connectivity index (χ1) is 7.29. The molecular weight excluding hydrogens is 208 g/mol. The largest absolute Gasteiger partial charge is 0.465 e. The average Bonchev–Trinajstić information content (AvgIpc) is 2.09. The van der Waals surface area contributed by atoms with Crippen molar-refractivity contribution in [1.82, 2.24) is 0 Å². The maximum absolute atomic E-state index is 11.0. The molecule has 4 nitrogen and oxygen atoms in total. The van der Waals surface area contributed by atoms with Gasteiger partial charge in [0.05, 0.1) is 6.61 Å². The highest BCUT2D eigenvalue weighted by Crippen LogP contribution is 2.25. The van der Waals surface area contributed by atoms with Crippen LogP contribution in [-0.2, 0) is 19.1 Å². The fourth-order valence-electron chi connectivity index (χ4n) is 1.43. The van der Waals surface area contributed by atoms with Gasteiger partial charge in [0.15, 0.2) is 0 Å². The third-order valence-corrected chi connectivity index (χ3v) is 2.33. The predicted molar refractivity (Wildman–Crippen MR) is 60.8 cm³/mol. The molecule has 4 heteroatoms. The van der Waals surface area contributed by atoms with Crippen LogP contribution in [0.15, 0.2) is 12.7 Å². The van der Waals surface area contributed by atoms with Crippen LogP contribution in [0, 0.1) is 5.92 Å². The third-order valence-electron chi connectivity index (χ3n) is 2.33. The molecule has 0 spiro atoms. The molecule has 0 radical (unpaired) electrons. The second kappa shape index (κ2) is 6.30. The molecule has 0 amide bonds. The van der Waals surface area contributed by atoms with Gasteiger partial charge in [-0.2, -0.15) is 0 Å². The summed E-state index contributed by atoms with van der Waals surface area (Å²) in [6, 6.07) is 0. The van der Waals surface area contributed by atoms with Gasteiger partial charge >= 0.3 is 11.9 Å². The summed E-state index contributed by atoms with van der Waals surface area (Å²) in [7, 11) is 0. The van der Waals surface area contributed by atoms with Gasteiger partial charge in [-0.25, -0.2) is 0 Å². The van der Waals surface area contributed by atoms with Crippen LogP contribution in [0.25, 0.3) is 0 Å². The first kappa shape index (κ1) is 14.7. The zero-order chi connectivity index (χ0) is 12.8. The van der Waals surface area contributed by atoms with Gasteiger partial charge in [-0.3, -0.25) is 9.59 Å². The van der Waals surface area contributed by atoms with E-state index in [2.05, 4.69) is 6.58 Å². The predicted octanol–water partition coefficient (Wildman–Crippen LogP) is 2.08. The molecule has 0 fully saturated rings. The zero-order valence-corrected chi connectivity index (χ0v) is 10.4. The molecule has 1 atom stereocenters. The number of hydrogen-bond acceptors (Lipinski definition) is 4. The van der Waals surface area contributed by atoms with Gasteiger partial charge in [0.25, 0.3) is 0 Å². The van der Waals surface area contributed by atoms with Gasteiger partial charge < -0.3 is 9.47 Å². The van der Waals surface area contributed by atoms with Crippen molar-refractivity contribution in [2.45, 2.75) is 39.7 Å². The second-order valence-electron chi connectivity index (χ2n) is 4.22. The highest BCUT2D eigenvalue weighted by Gasteiger charge is 2.32. The first-order valence-electron chi connectivity index (χ1n) is 5.23. The Morgan fingerprint density at radius 3 is 2.25 bits per heavy atom. The molecule has 0 aromatic rings. The monoisotopic (exact) mass is 228 g/mol. The molecule has 0 aliphatic rings. The molecular formula is C12H20O4. The maximum atomic E-state index is 11.0. The fraction of sp³-hybridized carbons (Fsp3) is 0.667. The minimum atomic E-state index is -0.671. The Balaban J connectivity index is 4.53. The smallest absolute Gasteiger partial charge is 0.303 e. The average molecular weight is 228 g/mol. The van der Waals surface area contributed by atoms with Crippen LogP contribution in [0.1, 0.15) is 34.1 Å². The van der Waals surface area contributed by atoms with Crippen molar-refractivity contribution in [3.8, 4) is 0 Å². The Bertz CT molecular complexity index is 268. The lowest BCUT2D eigenvalue weighted by molar-refractivity contribution is -0.163. The summed E-state index contributed by atoms with van der Waals surface area (Å²) in [6.45, 7) is 10.2. The summed E-state index contributed by atoms with van der Waals surface area (Å²) >= 11 is 0. The number of rotatable bonds is 6. The number of carbonyl (C=O) groups excluding carboxylic acids is 2. The van der Waals surface area contributed by atoms with Crippen molar-refractivity contribution in [2.24, 2.45) is 5.92 Å². The van der Waals surface area contributed by atoms with Crippen LogP contribution in [0.3, 0.4) is 0 Å². The molecule has 0 aliphatic heterocycles. The van der Waals surface area contributed by atoms with E-state index in [1.54, 1.807) is 19.9 Å². The van der Waals surface area contributed by atoms with Crippen LogP contribution in [0.5, 0.6) is 0 Å². The summed E-state index contributed by atoms with van der Waals surface area (Å²) < 4.78 is 10.2. The molecule has 16 heavy (non-hydrogen) atoms. The van der Waals surface area contributed by atoms with Gasteiger partial charge in [0.2, 0.25) is 0 Å². The number of ether oxygens (including phenoxy) is 2. The van der Waals surface area contributed by atoms with E-state index in [4.69, 9.17) is 9.47 Å². The summed E-state index contributed by atoms with van der Waals surface area (Å²) in [5.41, 5.74) is -0.671. The molecule has 0 heterocycles. The molecule has 1 unspecified atom stereocenters. The Morgan fingerprint density at radius 1 is 1.31 bits per heavy atom. The van der Waals surface area contributed by atoms with E-state index >= 15 is 0 Å². The van der Waals surface area contributed by atoms with Crippen molar-refractivity contribution < 1.29 is 19.1 Å². The fourth-order valence-corrected chi connectivity index (χ4v) is 1.43. The molecule has 0 rings (SSSR count). The first-order valence-corrected chi connectivity index (χ1v) is 5.23. The van der Waals surface area contributed by atoms with Crippen LogP contribution >= 0.6 is 0 Å². The van der Waals surface area contributed by atoms with Crippen molar-refractivity contribution in [3.05, 3.63) is 12.7 Å². The Labute approximate surface area is 96.6 Å². The van der Waals surface area contributed by atoms with Crippen LogP contribution in [0.2, 0.25) is 0 Å². The molecule has 0 bridgehead atoms. The van der Waals surface area contributed by atoms with E-state index < -0.39 is 5.60 Å². The Hall–Kier alpha value is -1.32. The van der Waals surface area contributed by atoms with Gasteiger partial charge in [0.1, 0.15) is 5.60 Å². The lowest BCUT2D eigenvalue weighted by atomic mass is 9.88. The quantitative estimate of drug-likeness (QED) is 0.516. The lowest BCUT2D eigenvalue weighted by Crippen LogP contribution is -2.38. The van der Waals surface area contributed by atoms with Crippen molar-refractivity contribution in [2.75, 3.05) is 6.61 Å². The van der Waals surface area contributed by atoms with E-state index in [-0.39, 0.29) is 24.5 Å². The number of carbonyl (C=O) groups is 2. The Kier molecular flexibility index (Phi) is 5.78. The second-order valence-corrected chi connectivity index (χ2v) is 4.22. The topological polar surface area (TPSA) is 52.6 Å². The van der Waals surface area contributed by atoms with E-state index in [1.807, 2.05) is 0 Å². The highest BCUT2D eigenvalue weighted by atomic mass is 16.6. The summed E-state index contributed by atoms with van der Waals surface area (Å²) in [5.74, 6) is -0.771. The van der Waals surface area contributed by atoms with Gasteiger partial charge in [0, 0.05) is 19.8 Å². The molecule has 0 saturated carbocycles. The molecule has 92 valence electrons. The summed E-state index contributed by atoms with van der Waals surface area (Å²) in [5, 5.41) is 0. The van der Waals surface area contributed by atoms with Gasteiger partial charge in [-0.1, -0.05) is 6.08 Å². The van der Waals surface area contributed by atoms with E-state index in [0.29, 0.717) is 6.42 Å². The molecule has 0 aromatic carbocycles. The van der Waals surface area contributed by atoms with Gasteiger partial charge in [-0.05, 0) is 20.3 Å². The molecule has 0 N–H and O–H groups in total. The van der Waals surface area contributed by atoms with Crippen molar-refractivity contribution in [3.63, 3.8) is 0 Å².